The lowest BCUT2D eigenvalue weighted by Gasteiger charge is -2.11. The molecule has 7 heteroatoms. The summed E-state index contributed by atoms with van der Waals surface area (Å²) in [5, 5.41) is 3.97. The molecule has 0 aliphatic carbocycles. The number of para-hydroxylation sites is 1. The SMILES string of the molecule is COCCNC(=O)c1cc2c(c3ccccc3n2C(C)C)n1-c1ncccn1. The van der Waals surface area contributed by atoms with Gasteiger partial charge in [0.2, 0.25) is 5.95 Å². The van der Waals surface area contributed by atoms with Crippen molar-refractivity contribution in [2.24, 2.45) is 0 Å². The van der Waals surface area contributed by atoms with Crippen molar-refractivity contribution in [3.05, 3.63) is 54.5 Å². The van der Waals surface area contributed by atoms with E-state index in [0.29, 0.717) is 24.8 Å². The van der Waals surface area contributed by atoms with Gasteiger partial charge in [0.05, 0.1) is 23.2 Å². The first kappa shape index (κ1) is 18.2. The highest BCUT2D eigenvalue weighted by atomic mass is 16.5. The third-order valence-electron chi connectivity index (χ3n) is 4.75. The van der Waals surface area contributed by atoms with E-state index in [4.69, 9.17) is 4.74 Å². The van der Waals surface area contributed by atoms with Gasteiger partial charge in [0, 0.05) is 37.5 Å². The van der Waals surface area contributed by atoms with Gasteiger partial charge < -0.3 is 14.6 Å². The number of fused-ring (bicyclic) bond motifs is 3. The van der Waals surface area contributed by atoms with E-state index in [1.54, 1.807) is 25.6 Å². The zero-order valence-corrected chi connectivity index (χ0v) is 16.2. The lowest BCUT2D eigenvalue weighted by Crippen LogP contribution is -2.29. The third-order valence-corrected chi connectivity index (χ3v) is 4.75. The molecular formula is C21H23N5O2. The van der Waals surface area contributed by atoms with E-state index in [-0.39, 0.29) is 11.9 Å². The molecule has 0 aliphatic heterocycles. The maximum atomic E-state index is 12.9. The van der Waals surface area contributed by atoms with Crippen LogP contribution in [0.15, 0.2) is 48.8 Å². The molecule has 144 valence electrons. The first-order chi connectivity index (χ1) is 13.6. The third kappa shape index (κ3) is 2.93. The summed E-state index contributed by atoms with van der Waals surface area (Å²) in [6.07, 6.45) is 3.37. The van der Waals surface area contributed by atoms with E-state index in [1.165, 1.54) is 0 Å². The number of hydrogen-bond donors (Lipinski definition) is 1. The van der Waals surface area contributed by atoms with Crippen molar-refractivity contribution < 1.29 is 9.53 Å². The molecule has 0 unspecified atom stereocenters. The average molecular weight is 377 g/mol. The van der Waals surface area contributed by atoms with Crippen LogP contribution in [0.2, 0.25) is 0 Å². The number of benzene rings is 1. The molecule has 0 radical (unpaired) electrons. The minimum atomic E-state index is -0.180. The molecule has 0 saturated heterocycles. The summed E-state index contributed by atoms with van der Waals surface area (Å²) in [6, 6.07) is 12.1. The monoisotopic (exact) mass is 377 g/mol. The smallest absolute Gasteiger partial charge is 0.268 e. The van der Waals surface area contributed by atoms with E-state index in [2.05, 4.69) is 45.8 Å². The Morgan fingerprint density at radius 1 is 1.14 bits per heavy atom. The second-order valence-electron chi connectivity index (χ2n) is 6.88. The number of ether oxygens (including phenoxy) is 1. The Morgan fingerprint density at radius 3 is 2.61 bits per heavy atom. The Morgan fingerprint density at radius 2 is 1.89 bits per heavy atom. The Hall–Kier alpha value is -3.19. The van der Waals surface area contributed by atoms with Gasteiger partial charge in [0.25, 0.3) is 5.91 Å². The van der Waals surface area contributed by atoms with Crippen molar-refractivity contribution in [1.29, 1.82) is 0 Å². The molecule has 4 rings (SSSR count). The van der Waals surface area contributed by atoms with Gasteiger partial charge >= 0.3 is 0 Å². The quantitative estimate of drug-likeness (QED) is 0.523. The zero-order valence-electron chi connectivity index (χ0n) is 16.2. The molecule has 28 heavy (non-hydrogen) atoms. The van der Waals surface area contributed by atoms with E-state index in [9.17, 15) is 4.79 Å². The van der Waals surface area contributed by atoms with Crippen LogP contribution in [0.25, 0.3) is 27.9 Å². The van der Waals surface area contributed by atoms with Gasteiger partial charge in [-0.3, -0.25) is 9.36 Å². The lowest BCUT2D eigenvalue weighted by molar-refractivity contribution is 0.0930. The standard InChI is InChI=1S/C21H23N5O2/c1-14(2)25-16-8-5-4-7-15(16)19-17(25)13-18(20(27)22-11-12-28-3)26(19)21-23-9-6-10-24-21/h4-10,13-14H,11-12H2,1-3H3,(H,22,27). The molecule has 0 bridgehead atoms. The highest BCUT2D eigenvalue weighted by Crippen LogP contribution is 2.35. The fraction of sp³-hybridized carbons (Fsp3) is 0.286. The van der Waals surface area contributed by atoms with E-state index in [1.807, 2.05) is 22.8 Å². The van der Waals surface area contributed by atoms with Crippen molar-refractivity contribution in [1.82, 2.24) is 24.4 Å². The average Bonchev–Trinajstić information content (AvgIpc) is 3.23. The summed E-state index contributed by atoms with van der Waals surface area (Å²) in [4.78, 5) is 21.8. The summed E-state index contributed by atoms with van der Waals surface area (Å²) in [5.41, 5.74) is 3.55. The molecule has 3 heterocycles. The van der Waals surface area contributed by atoms with Crippen LogP contribution in [0.4, 0.5) is 0 Å². The summed E-state index contributed by atoms with van der Waals surface area (Å²) in [5.74, 6) is 0.293. The van der Waals surface area contributed by atoms with Crippen LogP contribution in [0, 0.1) is 0 Å². The van der Waals surface area contributed by atoms with Crippen LogP contribution in [-0.4, -0.2) is 45.3 Å². The number of carbonyl (C=O) groups is 1. The minimum Gasteiger partial charge on any atom is -0.383 e. The van der Waals surface area contributed by atoms with Gasteiger partial charge in [-0.05, 0) is 32.0 Å². The fourth-order valence-electron chi connectivity index (χ4n) is 3.65. The molecule has 0 saturated carbocycles. The topological polar surface area (TPSA) is 74.0 Å². The largest absolute Gasteiger partial charge is 0.383 e. The summed E-state index contributed by atoms with van der Waals surface area (Å²) < 4.78 is 9.14. The van der Waals surface area contributed by atoms with E-state index >= 15 is 0 Å². The normalized spacial score (nSPS) is 11.6. The number of methoxy groups -OCH3 is 1. The van der Waals surface area contributed by atoms with Crippen LogP contribution >= 0.6 is 0 Å². The van der Waals surface area contributed by atoms with Crippen LogP contribution in [-0.2, 0) is 4.74 Å². The molecule has 1 N–H and O–H groups in total. The number of nitrogens with one attached hydrogen (secondary N) is 1. The Labute approximate surface area is 163 Å². The molecular weight excluding hydrogens is 354 g/mol. The summed E-state index contributed by atoms with van der Waals surface area (Å²) >= 11 is 0. The van der Waals surface area contributed by atoms with Crippen molar-refractivity contribution in [3.63, 3.8) is 0 Å². The van der Waals surface area contributed by atoms with Crippen LogP contribution in [0.1, 0.15) is 30.4 Å². The molecule has 0 fully saturated rings. The molecule has 0 aliphatic rings. The summed E-state index contributed by atoms with van der Waals surface area (Å²) in [7, 11) is 1.61. The molecule has 1 amide bonds. The number of rotatable bonds is 6. The molecule has 3 aromatic heterocycles. The molecule has 7 nitrogen and oxygen atoms in total. The van der Waals surface area contributed by atoms with Gasteiger partial charge in [0.15, 0.2) is 0 Å². The number of aromatic nitrogens is 4. The lowest BCUT2D eigenvalue weighted by atomic mass is 10.2. The first-order valence-electron chi connectivity index (χ1n) is 9.32. The predicted octanol–water partition coefficient (Wildman–Crippen LogP) is 3.33. The maximum Gasteiger partial charge on any atom is 0.268 e. The van der Waals surface area contributed by atoms with Gasteiger partial charge in [-0.25, -0.2) is 9.97 Å². The van der Waals surface area contributed by atoms with Gasteiger partial charge in [-0.1, -0.05) is 18.2 Å². The minimum absolute atomic E-state index is 0.180. The van der Waals surface area contributed by atoms with Gasteiger partial charge in [0.1, 0.15) is 5.69 Å². The van der Waals surface area contributed by atoms with Crippen molar-refractivity contribution in [2.75, 3.05) is 20.3 Å². The van der Waals surface area contributed by atoms with Crippen molar-refractivity contribution in [3.8, 4) is 5.95 Å². The predicted molar refractivity (Wildman–Crippen MR) is 109 cm³/mol. The molecule has 0 spiro atoms. The number of carbonyl (C=O) groups excluding carboxylic acids is 1. The fourth-order valence-corrected chi connectivity index (χ4v) is 3.65. The van der Waals surface area contributed by atoms with Crippen molar-refractivity contribution >= 4 is 27.8 Å². The highest BCUT2D eigenvalue weighted by Gasteiger charge is 2.24. The first-order valence-corrected chi connectivity index (χ1v) is 9.32. The Balaban J connectivity index is 2.02. The summed E-state index contributed by atoms with van der Waals surface area (Å²) in [6.45, 7) is 5.17. The van der Waals surface area contributed by atoms with E-state index in [0.717, 1.165) is 21.9 Å². The van der Waals surface area contributed by atoms with Crippen LogP contribution < -0.4 is 5.32 Å². The highest BCUT2D eigenvalue weighted by molar-refractivity contribution is 6.11. The molecule has 4 aromatic rings. The van der Waals surface area contributed by atoms with Gasteiger partial charge in [-0.15, -0.1) is 0 Å². The molecule has 0 atom stereocenters. The zero-order chi connectivity index (χ0) is 19.7. The number of hydrogen-bond acceptors (Lipinski definition) is 4. The van der Waals surface area contributed by atoms with Crippen molar-refractivity contribution in [2.45, 2.75) is 19.9 Å². The van der Waals surface area contributed by atoms with Crippen LogP contribution in [0.5, 0.6) is 0 Å². The Kier molecular flexibility index (Phi) is 4.83. The number of amides is 1. The maximum absolute atomic E-state index is 12.9. The van der Waals surface area contributed by atoms with Gasteiger partial charge in [-0.2, -0.15) is 0 Å². The second-order valence-corrected chi connectivity index (χ2v) is 6.88. The Bertz CT molecular complexity index is 1130. The number of nitrogens with zero attached hydrogens (tertiary/aromatic N) is 4. The molecule has 1 aromatic carbocycles. The van der Waals surface area contributed by atoms with Crippen LogP contribution in [0.3, 0.4) is 0 Å². The van der Waals surface area contributed by atoms with E-state index < -0.39 is 0 Å². The second kappa shape index (κ2) is 7.44.